The van der Waals surface area contributed by atoms with E-state index in [1.807, 2.05) is 37.3 Å². The van der Waals surface area contributed by atoms with Crippen molar-refractivity contribution in [1.29, 1.82) is 0 Å². The molecule has 2 aromatic carbocycles. The van der Waals surface area contributed by atoms with E-state index in [1.54, 1.807) is 12.1 Å². The number of carbonyl (C=O) groups is 1. The van der Waals surface area contributed by atoms with E-state index in [0.29, 0.717) is 11.5 Å². The van der Waals surface area contributed by atoms with Crippen molar-refractivity contribution >= 4 is 16.9 Å². The Kier molecular flexibility index (Phi) is 5.65. The maximum atomic E-state index is 13.4. The molecule has 30 heavy (non-hydrogen) atoms. The fourth-order valence-corrected chi connectivity index (χ4v) is 5.11. The molecule has 4 rings (SSSR count). The van der Waals surface area contributed by atoms with Crippen LogP contribution in [0.3, 0.4) is 0 Å². The van der Waals surface area contributed by atoms with Gasteiger partial charge in [0.25, 0.3) is 0 Å². The number of piperidine rings is 1. The van der Waals surface area contributed by atoms with Gasteiger partial charge in [-0.15, -0.1) is 0 Å². The lowest BCUT2D eigenvalue weighted by Crippen LogP contribution is -2.36. The predicted octanol–water partition coefficient (Wildman–Crippen LogP) is 5.52. The third-order valence-corrected chi connectivity index (χ3v) is 6.80. The molecule has 1 aliphatic rings. The number of esters is 1. The third kappa shape index (κ3) is 3.52. The summed E-state index contributed by atoms with van der Waals surface area (Å²) in [6.45, 7) is 5.24. The quantitative estimate of drug-likeness (QED) is 0.533. The van der Waals surface area contributed by atoms with Gasteiger partial charge in [0.05, 0.1) is 12.7 Å². The van der Waals surface area contributed by atoms with Crippen molar-refractivity contribution < 1.29 is 13.9 Å². The van der Waals surface area contributed by atoms with Crippen LogP contribution in [-0.4, -0.2) is 36.1 Å². The van der Waals surface area contributed by atoms with Gasteiger partial charge < -0.3 is 9.30 Å². The number of aromatic nitrogens is 1. The molecular weight excluding hydrogens is 379 g/mol. The van der Waals surface area contributed by atoms with Gasteiger partial charge in [0.15, 0.2) is 0 Å². The Hall–Kier alpha value is -2.66. The minimum Gasteiger partial charge on any atom is -0.465 e. The highest BCUT2D eigenvalue weighted by Gasteiger charge is 2.33. The van der Waals surface area contributed by atoms with Crippen molar-refractivity contribution in [3.63, 3.8) is 0 Å². The Morgan fingerprint density at radius 1 is 1.17 bits per heavy atom. The molecule has 3 unspecified atom stereocenters. The number of hydrogen-bond donors (Lipinski definition) is 0. The number of rotatable bonds is 4. The number of halogens is 1. The molecule has 2 heterocycles. The number of benzene rings is 2. The molecular formula is C25H29FN2O2. The summed E-state index contributed by atoms with van der Waals surface area (Å²) in [6, 6.07) is 15.4. The number of fused-ring (bicyclic) bond motifs is 1. The van der Waals surface area contributed by atoms with Crippen molar-refractivity contribution in [3.8, 4) is 0 Å². The highest BCUT2D eigenvalue weighted by molar-refractivity contribution is 6.05. The van der Waals surface area contributed by atoms with Crippen LogP contribution < -0.4 is 0 Å². The molecule has 4 nitrogen and oxygen atoms in total. The first-order valence-corrected chi connectivity index (χ1v) is 10.6. The zero-order valence-corrected chi connectivity index (χ0v) is 18.1. The van der Waals surface area contributed by atoms with Crippen LogP contribution in [0.25, 0.3) is 10.9 Å². The lowest BCUT2D eigenvalue weighted by Gasteiger charge is -2.40. The topological polar surface area (TPSA) is 34.5 Å². The van der Waals surface area contributed by atoms with Crippen LogP contribution in [-0.2, 0) is 4.74 Å². The SMILES string of the molecule is COC(=O)c1c(C)n(C(C)C2CCN(C)C(c3ccc(F)cc3)C2)c2ccccc12. The molecule has 1 aliphatic heterocycles. The summed E-state index contributed by atoms with van der Waals surface area (Å²) in [5.74, 6) is -0.0506. The van der Waals surface area contributed by atoms with E-state index >= 15 is 0 Å². The first-order chi connectivity index (χ1) is 14.4. The van der Waals surface area contributed by atoms with E-state index in [2.05, 4.69) is 29.5 Å². The molecule has 158 valence electrons. The zero-order chi connectivity index (χ0) is 21.4. The molecule has 0 aliphatic carbocycles. The number of likely N-dealkylation sites (tertiary alicyclic amines) is 1. The van der Waals surface area contributed by atoms with Crippen LogP contribution >= 0.6 is 0 Å². The monoisotopic (exact) mass is 408 g/mol. The summed E-state index contributed by atoms with van der Waals surface area (Å²) in [6.07, 6.45) is 2.07. The molecule has 5 heteroatoms. The standard InChI is InChI=1S/C25H29FN2O2/c1-16(19-13-14-27(3)23(15-19)18-9-11-20(26)12-10-18)28-17(2)24(25(29)30-4)21-7-5-6-8-22(21)28/h5-12,16,19,23H,13-15H2,1-4H3. The van der Waals surface area contributed by atoms with Crippen LogP contribution in [0.2, 0.25) is 0 Å². The predicted molar refractivity (Wildman–Crippen MR) is 117 cm³/mol. The van der Waals surface area contributed by atoms with Crippen LogP contribution in [0.15, 0.2) is 48.5 Å². The van der Waals surface area contributed by atoms with Gasteiger partial charge >= 0.3 is 5.97 Å². The zero-order valence-electron chi connectivity index (χ0n) is 18.1. The van der Waals surface area contributed by atoms with E-state index in [9.17, 15) is 9.18 Å². The molecule has 1 aromatic heterocycles. The lowest BCUT2D eigenvalue weighted by molar-refractivity contribution is 0.0601. The first kappa shape index (κ1) is 20.6. The molecule has 0 N–H and O–H groups in total. The second-order valence-corrected chi connectivity index (χ2v) is 8.41. The highest BCUT2D eigenvalue weighted by Crippen LogP contribution is 2.41. The Balaban J connectivity index is 1.70. The summed E-state index contributed by atoms with van der Waals surface area (Å²) in [4.78, 5) is 14.9. The smallest absolute Gasteiger partial charge is 0.340 e. The number of nitrogens with zero attached hydrogens (tertiary/aromatic N) is 2. The fourth-order valence-electron chi connectivity index (χ4n) is 5.11. The summed E-state index contributed by atoms with van der Waals surface area (Å²) in [5.41, 5.74) is 3.83. The third-order valence-electron chi connectivity index (χ3n) is 6.80. The van der Waals surface area contributed by atoms with Gasteiger partial charge in [-0.05, 0) is 70.0 Å². The minimum absolute atomic E-state index is 0.202. The molecule has 0 bridgehead atoms. The number of hydrogen-bond acceptors (Lipinski definition) is 3. The van der Waals surface area contributed by atoms with Crippen molar-refractivity contribution in [3.05, 3.63) is 71.2 Å². The number of methoxy groups -OCH3 is 1. The molecule has 0 amide bonds. The Morgan fingerprint density at radius 3 is 2.57 bits per heavy atom. The fraction of sp³-hybridized carbons (Fsp3) is 0.400. The summed E-state index contributed by atoms with van der Waals surface area (Å²) >= 11 is 0. The van der Waals surface area contributed by atoms with Gasteiger partial charge in [-0.25, -0.2) is 9.18 Å². The molecule has 3 atom stereocenters. The normalized spacial score (nSPS) is 21.0. The van der Waals surface area contributed by atoms with Gasteiger partial charge in [-0.3, -0.25) is 4.90 Å². The molecule has 0 saturated carbocycles. The Bertz CT molecular complexity index is 1060. The molecule has 0 radical (unpaired) electrons. The Morgan fingerprint density at radius 2 is 1.87 bits per heavy atom. The average Bonchev–Trinajstić information content (AvgIpc) is 3.05. The van der Waals surface area contributed by atoms with E-state index in [4.69, 9.17) is 4.74 Å². The van der Waals surface area contributed by atoms with Gasteiger partial charge in [0, 0.05) is 28.7 Å². The van der Waals surface area contributed by atoms with Crippen molar-refractivity contribution in [1.82, 2.24) is 9.47 Å². The molecule has 3 aromatic rings. The summed E-state index contributed by atoms with van der Waals surface area (Å²) in [5, 5.41) is 0.941. The van der Waals surface area contributed by atoms with Crippen molar-refractivity contribution in [2.75, 3.05) is 20.7 Å². The largest absolute Gasteiger partial charge is 0.465 e. The average molecular weight is 409 g/mol. The van der Waals surface area contributed by atoms with E-state index in [1.165, 1.54) is 7.11 Å². The maximum Gasteiger partial charge on any atom is 0.340 e. The van der Waals surface area contributed by atoms with Gasteiger partial charge in [0.1, 0.15) is 5.82 Å². The van der Waals surface area contributed by atoms with Gasteiger partial charge in [0.2, 0.25) is 0 Å². The number of carbonyl (C=O) groups excluding carboxylic acids is 1. The number of ether oxygens (including phenoxy) is 1. The second kappa shape index (κ2) is 8.23. The van der Waals surface area contributed by atoms with E-state index in [0.717, 1.165) is 41.5 Å². The van der Waals surface area contributed by atoms with Crippen LogP contribution in [0.1, 0.15) is 53.5 Å². The van der Waals surface area contributed by atoms with Crippen LogP contribution in [0, 0.1) is 18.7 Å². The Labute approximate surface area is 177 Å². The highest BCUT2D eigenvalue weighted by atomic mass is 19.1. The molecule has 0 spiro atoms. The molecule has 1 fully saturated rings. The first-order valence-electron chi connectivity index (χ1n) is 10.6. The number of para-hydroxylation sites is 1. The summed E-state index contributed by atoms with van der Waals surface area (Å²) in [7, 11) is 3.57. The van der Waals surface area contributed by atoms with Crippen molar-refractivity contribution in [2.45, 2.75) is 38.8 Å². The maximum absolute atomic E-state index is 13.4. The van der Waals surface area contributed by atoms with Crippen LogP contribution in [0.4, 0.5) is 4.39 Å². The van der Waals surface area contributed by atoms with Crippen molar-refractivity contribution in [2.24, 2.45) is 5.92 Å². The minimum atomic E-state index is -0.290. The van der Waals surface area contributed by atoms with Gasteiger partial charge in [-0.1, -0.05) is 30.3 Å². The summed E-state index contributed by atoms with van der Waals surface area (Å²) < 4.78 is 20.8. The second-order valence-electron chi connectivity index (χ2n) is 8.41. The van der Waals surface area contributed by atoms with Crippen LogP contribution in [0.5, 0.6) is 0 Å². The molecule has 1 saturated heterocycles. The van der Waals surface area contributed by atoms with E-state index < -0.39 is 0 Å². The van der Waals surface area contributed by atoms with Gasteiger partial charge in [-0.2, -0.15) is 0 Å². The lowest BCUT2D eigenvalue weighted by atomic mass is 9.83. The van der Waals surface area contributed by atoms with E-state index in [-0.39, 0.29) is 23.9 Å².